The molecular weight excluding hydrogens is 232 g/mol. The number of aryl methyl sites for hydroxylation is 1. The molecule has 0 saturated carbocycles. The molecule has 0 bridgehead atoms. The Morgan fingerprint density at radius 1 is 1.29 bits per heavy atom. The summed E-state index contributed by atoms with van der Waals surface area (Å²) in [6.45, 7) is 4.06. The normalized spacial score (nSPS) is 12.6. The van der Waals surface area contributed by atoms with Crippen molar-refractivity contribution in [1.29, 1.82) is 0 Å². The third-order valence-electron chi connectivity index (χ3n) is 2.62. The highest BCUT2D eigenvalue weighted by Gasteiger charge is 2.05. The number of rotatable bonds is 4. The minimum atomic E-state index is 0.373. The van der Waals surface area contributed by atoms with Crippen molar-refractivity contribution < 1.29 is 4.42 Å². The largest absolute Gasteiger partial charge is 0.439 e. The van der Waals surface area contributed by atoms with Crippen LogP contribution in [-0.4, -0.2) is 12.0 Å². The lowest BCUT2D eigenvalue weighted by atomic mass is 10.1. The van der Waals surface area contributed by atoms with Crippen molar-refractivity contribution in [3.8, 4) is 0 Å². The van der Waals surface area contributed by atoms with Gasteiger partial charge in [-0.2, -0.15) is 0 Å². The molecule has 1 aromatic carbocycles. The van der Waals surface area contributed by atoms with Crippen molar-refractivity contribution in [2.75, 3.05) is 7.05 Å². The van der Waals surface area contributed by atoms with Crippen LogP contribution in [0.4, 0.5) is 0 Å². The summed E-state index contributed by atoms with van der Waals surface area (Å²) in [6, 6.07) is 8.80. The van der Waals surface area contributed by atoms with Gasteiger partial charge in [0, 0.05) is 10.9 Å². The number of nitrogens with zero attached hydrogens (tertiary/aromatic N) is 1. The van der Waals surface area contributed by atoms with Gasteiger partial charge in [-0.15, -0.1) is 0 Å². The van der Waals surface area contributed by atoms with Crippen molar-refractivity contribution in [3.63, 3.8) is 0 Å². The summed E-state index contributed by atoms with van der Waals surface area (Å²) in [7, 11) is 1.96. The molecule has 3 nitrogen and oxygen atoms in total. The zero-order chi connectivity index (χ0) is 12.3. The maximum Gasteiger partial charge on any atom is 0.260 e. The molecule has 4 heteroatoms. The molecule has 0 aliphatic heterocycles. The summed E-state index contributed by atoms with van der Waals surface area (Å²) in [5, 5.41) is 3.91. The zero-order valence-electron chi connectivity index (χ0n) is 10.2. The average Bonchev–Trinajstić information content (AvgIpc) is 2.75. The van der Waals surface area contributed by atoms with Gasteiger partial charge in [-0.05, 0) is 50.4 Å². The van der Waals surface area contributed by atoms with Crippen LogP contribution in [0.15, 0.2) is 45.1 Å². The number of benzene rings is 1. The molecule has 90 valence electrons. The molecule has 0 aliphatic carbocycles. The molecule has 17 heavy (non-hydrogen) atoms. The van der Waals surface area contributed by atoms with E-state index in [2.05, 4.69) is 41.5 Å². The first-order valence-corrected chi connectivity index (χ1v) is 6.38. The Hall–Kier alpha value is -1.26. The van der Waals surface area contributed by atoms with Crippen LogP contribution in [0.5, 0.6) is 0 Å². The fourth-order valence-electron chi connectivity index (χ4n) is 1.47. The molecule has 2 aromatic rings. The van der Waals surface area contributed by atoms with Crippen LogP contribution in [-0.2, 0) is 0 Å². The Morgan fingerprint density at radius 2 is 2.00 bits per heavy atom. The molecule has 0 saturated heterocycles. The smallest absolute Gasteiger partial charge is 0.260 e. The van der Waals surface area contributed by atoms with Crippen LogP contribution < -0.4 is 5.32 Å². The van der Waals surface area contributed by atoms with Crippen molar-refractivity contribution in [1.82, 2.24) is 10.3 Å². The number of oxazole rings is 1. The first kappa shape index (κ1) is 12.2. The van der Waals surface area contributed by atoms with E-state index in [1.165, 1.54) is 17.3 Å². The van der Waals surface area contributed by atoms with Crippen LogP contribution in [0.25, 0.3) is 0 Å². The van der Waals surface area contributed by atoms with Crippen molar-refractivity contribution >= 4 is 11.8 Å². The summed E-state index contributed by atoms with van der Waals surface area (Å²) in [6.07, 6.45) is 1.67. The Kier molecular flexibility index (Phi) is 3.86. The maximum atomic E-state index is 5.31. The van der Waals surface area contributed by atoms with E-state index >= 15 is 0 Å². The Balaban J connectivity index is 2.08. The molecule has 1 unspecified atom stereocenters. The standard InChI is InChI=1S/C13H16N2OS/c1-9-8-16-13(15-9)17-12-6-4-11(5-7-12)10(2)14-3/h4-8,10,14H,1-3H3. The molecule has 2 rings (SSSR count). The Bertz CT molecular complexity index is 478. The lowest BCUT2D eigenvalue weighted by Gasteiger charge is -2.10. The third kappa shape index (κ3) is 3.11. The van der Waals surface area contributed by atoms with Crippen LogP contribution in [0.3, 0.4) is 0 Å². The molecule has 0 radical (unpaired) electrons. The van der Waals surface area contributed by atoms with Gasteiger partial charge in [0.15, 0.2) is 0 Å². The van der Waals surface area contributed by atoms with Crippen LogP contribution in [0.1, 0.15) is 24.2 Å². The van der Waals surface area contributed by atoms with E-state index < -0.39 is 0 Å². The van der Waals surface area contributed by atoms with Gasteiger partial charge in [0.1, 0.15) is 6.26 Å². The fourth-order valence-corrected chi connectivity index (χ4v) is 2.23. The zero-order valence-corrected chi connectivity index (χ0v) is 11.0. The number of hydrogen-bond donors (Lipinski definition) is 1. The highest BCUT2D eigenvalue weighted by atomic mass is 32.2. The van der Waals surface area contributed by atoms with Crippen LogP contribution in [0.2, 0.25) is 0 Å². The first-order chi connectivity index (χ1) is 8.19. The Labute approximate surface area is 106 Å². The van der Waals surface area contributed by atoms with E-state index in [4.69, 9.17) is 4.42 Å². The van der Waals surface area contributed by atoms with E-state index in [1.54, 1.807) is 6.26 Å². The molecule has 0 fully saturated rings. The summed E-state index contributed by atoms with van der Waals surface area (Å²) in [4.78, 5) is 5.40. The van der Waals surface area contributed by atoms with Gasteiger partial charge >= 0.3 is 0 Å². The van der Waals surface area contributed by atoms with Crippen molar-refractivity contribution in [2.24, 2.45) is 0 Å². The Morgan fingerprint density at radius 3 is 2.53 bits per heavy atom. The lowest BCUT2D eigenvalue weighted by molar-refractivity contribution is 0.454. The number of nitrogens with one attached hydrogen (secondary N) is 1. The van der Waals surface area contributed by atoms with Crippen LogP contribution >= 0.6 is 11.8 Å². The van der Waals surface area contributed by atoms with E-state index in [0.717, 1.165) is 10.6 Å². The minimum Gasteiger partial charge on any atom is -0.439 e. The quantitative estimate of drug-likeness (QED) is 0.899. The van der Waals surface area contributed by atoms with E-state index in [-0.39, 0.29) is 0 Å². The fraction of sp³-hybridized carbons (Fsp3) is 0.308. The maximum absolute atomic E-state index is 5.31. The highest BCUT2D eigenvalue weighted by molar-refractivity contribution is 7.99. The molecule has 0 spiro atoms. The first-order valence-electron chi connectivity index (χ1n) is 5.56. The molecule has 0 aliphatic rings. The third-order valence-corrected chi connectivity index (χ3v) is 3.49. The van der Waals surface area contributed by atoms with Gasteiger partial charge in [0.05, 0.1) is 5.69 Å². The average molecular weight is 248 g/mol. The molecule has 1 heterocycles. The van der Waals surface area contributed by atoms with E-state index in [9.17, 15) is 0 Å². The van der Waals surface area contributed by atoms with Gasteiger partial charge < -0.3 is 9.73 Å². The van der Waals surface area contributed by atoms with Gasteiger partial charge in [-0.25, -0.2) is 4.98 Å². The predicted molar refractivity (Wildman–Crippen MR) is 69.3 cm³/mol. The predicted octanol–water partition coefficient (Wildman–Crippen LogP) is 3.41. The second kappa shape index (κ2) is 5.38. The molecule has 1 atom stereocenters. The van der Waals surface area contributed by atoms with E-state index in [1.807, 2.05) is 14.0 Å². The summed E-state index contributed by atoms with van der Waals surface area (Å²) in [5.74, 6) is 0. The van der Waals surface area contributed by atoms with Crippen LogP contribution in [0, 0.1) is 6.92 Å². The molecule has 1 N–H and O–H groups in total. The molecule has 1 aromatic heterocycles. The summed E-state index contributed by atoms with van der Waals surface area (Å²) in [5.41, 5.74) is 2.19. The number of hydrogen-bond acceptors (Lipinski definition) is 4. The van der Waals surface area contributed by atoms with Crippen molar-refractivity contribution in [2.45, 2.75) is 30.0 Å². The second-order valence-corrected chi connectivity index (χ2v) is 4.96. The minimum absolute atomic E-state index is 0.373. The molecular formula is C13H16N2OS. The van der Waals surface area contributed by atoms with Crippen molar-refractivity contribution in [3.05, 3.63) is 41.8 Å². The van der Waals surface area contributed by atoms with Gasteiger partial charge in [0.25, 0.3) is 5.22 Å². The lowest BCUT2D eigenvalue weighted by Crippen LogP contribution is -2.11. The highest BCUT2D eigenvalue weighted by Crippen LogP contribution is 2.27. The molecule has 0 amide bonds. The number of aromatic nitrogens is 1. The van der Waals surface area contributed by atoms with Gasteiger partial charge in [-0.3, -0.25) is 0 Å². The topological polar surface area (TPSA) is 38.1 Å². The summed E-state index contributed by atoms with van der Waals surface area (Å²) >= 11 is 1.54. The SMILES string of the molecule is CNC(C)c1ccc(Sc2nc(C)co2)cc1. The summed E-state index contributed by atoms with van der Waals surface area (Å²) < 4.78 is 5.31. The van der Waals surface area contributed by atoms with Gasteiger partial charge in [0.2, 0.25) is 0 Å². The van der Waals surface area contributed by atoms with E-state index in [0.29, 0.717) is 11.3 Å². The second-order valence-electron chi connectivity index (χ2n) is 3.94. The van der Waals surface area contributed by atoms with Gasteiger partial charge in [-0.1, -0.05) is 12.1 Å². The monoisotopic (exact) mass is 248 g/mol.